The number of hydrogen-bond acceptors (Lipinski definition) is 5. The van der Waals surface area contributed by atoms with E-state index in [-0.39, 0.29) is 61.8 Å². The summed E-state index contributed by atoms with van der Waals surface area (Å²) < 4.78 is 78.7. The van der Waals surface area contributed by atoms with E-state index < -0.39 is 35.2 Å². The highest BCUT2D eigenvalue weighted by Gasteiger charge is 2.47. The molecular weight excluding hydrogens is 683 g/mol. The summed E-state index contributed by atoms with van der Waals surface area (Å²) >= 11 is 0. The molecule has 13 heteroatoms. The first-order valence-electron chi connectivity index (χ1n) is 18.8. The maximum Gasteiger partial charge on any atom is 0.434 e. The fraction of sp³-hybridized carbons (Fsp3) is 0.615. The number of carbonyl (C=O) groups excluding carboxylic acids is 1. The van der Waals surface area contributed by atoms with Crippen LogP contribution in [0.5, 0.6) is 5.75 Å². The van der Waals surface area contributed by atoms with Gasteiger partial charge in [0.15, 0.2) is 5.69 Å². The molecular formula is C39H45F5N4O4. The van der Waals surface area contributed by atoms with Gasteiger partial charge in [-0.25, -0.2) is 13.8 Å². The van der Waals surface area contributed by atoms with Gasteiger partial charge in [0, 0.05) is 48.3 Å². The van der Waals surface area contributed by atoms with Crippen LogP contribution in [0.4, 0.5) is 22.0 Å². The van der Waals surface area contributed by atoms with Crippen LogP contribution in [0.15, 0.2) is 36.5 Å². The number of carboxylic acids is 1. The molecule has 5 fully saturated rings. The number of benzene rings is 1. The number of aliphatic carboxylic acids is 1. The van der Waals surface area contributed by atoms with Crippen LogP contribution in [-0.4, -0.2) is 69.1 Å². The summed E-state index contributed by atoms with van der Waals surface area (Å²) in [4.78, 5) is 30.4. The van der Waals surface area contributed by atoms with Crippen LogP contribution in [0.25, 0.3) is 22.2 Å². The topological polar surface area (TPSA) is 96.7 Å². The lowest BCUT2D eigenvalue weighted by Crippen LogP contribution is -2.60. The van der Waals surface area contributed by atoms with Crippen molar-refractivity contribution in [2.24, 2.45) is 23.7 Å². The molecule has 8 rings (SSSR count). The largest absolute Gasteiger partial charge is 0.490 e. The minimum Gasteiger partial charge on any atom is -0.490 e. The highest BCUT2D eigenvalue weighted by Crippen LogP contribution is 2.46. The normalized spacial score (nSPS) is 29.0. The van der Waals surface area contributed by atoms with E-state index in [2.05, 4.69) is 14.9 Å². The molecule has 2 bridgehead atoms. The summed E-state index contributed by atoms with van der Waals surface area (Å²) in [6.07, 6.45) is 6.56. The van der Waals surface area contributed by atoms with Gasteiger partial charge in [0.2, 0.25) is 0 Å². The monoisotopic (exact) mass is 728 g/mol. The number of likely N-dealkylation sites (tertiary alicyclic amines) is 1. The quantitative estimate of drug-likeness (QED) is 0.204. The Bertz CT molecular complexity index is 1810. The van der Waals surface area contributed by atoms with Crippen LogP contribution in [0.2, 0.25) is 0 Å². The number of ether oxygens (including phenoxy) is 1. The van der Waals surface area contributed by atoms with Gasteiger partial charge >= 0.3 is 12.1 Å². The van der Waals surface area contributed by atoms with Gasteiger partial charge in [0.25, 0.3) is 11.8 Å². The molecule has 3 aromatic rings. The van der Waals surface area contributed by atoms with E-state index in [0.717, 1.165) is 81.5 Å². The molecule has 4 saturated carbocycles. The molecule has 2 atom stereocenters. The summed E-state index contributed by atoms with van der Waals surface area (Å²) in [7, 11) is 0. The van der Waals surface area contributed by atoms with Gasteiger partial charge in [-0.15, -0.1) is 0 Å². The van der Waals surface area contributed by atoms with Crippen molar-refractivity contribution in [1.82, 2.24) is 19.8 Å². The fourth-order valence-corrected chi connectivity index (χ4v) is 9.74. The molecule has 2 N–H and O–H groups in total. The molecule has 280 valence electrons. The SMILES string of the molecule is O=C(O)CC1CC2CC(CNC(=O)c3ccc(-c4cn(C5CC5)c5cc(OC6CCC(N7CC(F)(F)C7)CC6)ccc45)nc3C(F)(F)F)CC(C1)C2. The van der Waals surface area contributed by atoms with E-state index in [4.69, 9.17) is 4.74 Å². The molecule has 1 amide bonds. The first-order chi connectivity index (χ1) is 24.8. The third-order valence-electron chi connectivity index (χ3n) is 12.1. The van der Waals surface area contributed by atoms with Crippen molar-refractivity contribution in [2.75, 3.05) is 19.6 Å². The zero-order chi connectivity index (χ0) is 36.4. The van der Waals surface area contributed by atoms with Crippen LogP contribution in [0, 0.1) is 23.7 Å². The first kappa shape index (κ1) is 35.3. The second-order valence-corrected chi connectivity index (χ2v) is 16.2. The van der Waals surface area contributed by atoms with E-state index in [1.54, 1.807) is 0 Å². The number of fused-ring (bicyclic) bond motifs is 3. The summed E-state index contributed by atoms with van der Waals surface area (Å²) in [6.45, 7) is -0.0690. The van der Waals surface area contributed by atoms with Gasteiger partial charge in [-0.05, 0) is 119 Å². The Labute approximate surface area is 299 Å². The van der Waals surface area contributed by atoms with Crippen LogP contribution in [-0.2, 0) is 11.0 Å². The third-order valence-corrected chi connectivity index (χ3v) is 12.1. The molecule has 0 spiro atoms. The van der Waals surface area contributed by atoms with Crippen molar-refractivity contribution in [3.63, 3.8) is 0 Å². The average molecular weight is 729 g/mol. The van der Waals surface area contributed by atoms with E-state index in [1.165, 1.54) is 12.1 Å². The molecule has 8 nitrogen and oxygen atoms in total. The van der Waals surface area contributed by atoms with E-state index >= 15 is 0 Å². The van der Waals surface area contributed by atoms with Gasteiger partial charge in [-0.3, -0.25) is 14.5 Å². The van der Waals surface area contributed by atoms with Crippen LogP contribution in [0.3, 0.4) is 0 Å². The lowest BCUT2D eigenvalue weighted by atomic mass is 9.64. The second kappa shape index (κ2) is 13.6. The molecule has 2 unspecified atom stereocenters. The number of aromatic nitrogens is 2. The number of nitrogens with zero attached hydrogens (tertiary/aromatic N) is 3. The van der Waals surface area contributed by atoms with Gasteiger partial charge in [-0.2, -0.15) is 13.2 Å². The number of carbonyl (C=O) groups is 2. The van der Waals surface area contributed by atoms with E-state index in [0.29, 0.717) is 23.1 Å². The Morgan fingerprint density at radius 2 is 1.58 bits per heavy atom. The van der Waals surface area contributed by atoms with Crippen molar-refractivity contribution in [2.45, 2.75) is 107 Å². The molecule has 1 saturated heterocycles. The summed E-state index contributed by atoms with van der Waals surface area (Å²) in [6, 6.07) is 8.70. The van der Waals surface area contributed by atoms with Crippen molar-refractivity contribution in [1.29, 1.82) is 0 Å². The Balaban J connectivity index is 0.961. The minimum absolute atomic E-state index is 0.0390. The number of hydrogen-bond donors (Lipinski definition) is 2. The molecule has 3 heterocycles. The van der Waals surface area contributed by atoms with Crippen molar-refractivity contribution in [3.05, 3.63) is 47.8 Å². The van der Waals surface area contributed by atoms with Gasteiger partial charge < -0.3 is 19.7 Å². The standard InChI is InChI=1S/C39H45F5N4O4/c40-38(41)20-47(21-38)26-3-5-28(6-4-26)52-29-7-8-30-32(19-48(27-1-2-27)34(30)17-29)33-10-9-31(36(46-33)39(42,43)44)37(51)45-18-25-14-22-11-23(15-25)13-24(12-22)16-35(49)50/h7-10,17,19,22-28H,1-6,11-16,18,20-21H2,(H,45,51)(H,49,50). The van der Waals surface area contributed by atoms with Crippen molar-refractivity contribution in [3.8, 4) is 17.0 Å². The molecule has 1 aromatic carbocycles. The predicted molar refractivity (Wildman–Crippen MR) is 183 cm³/mol. The zero-order valence-electron chi connectivity index (χ0n) is 29.0. The lowest BCUT2D eigenvalue weighted by molar-refractivity contribution is -0.151. The van der Waals surface area contributed by atoms with Crippen molar-refractivity contribution >= 4 is 22.8 Å². The summed E-state index contributed by atoms with van der Waals surface area (Å²) in [5.41, 5.74) is -0.201. The van der Waals surface area contributed by atoms with Crippen LogP contribution < -0.4 is 10.1 Å². The van der Waals surface area contributed by atoms with Crippen molar-refractivity contribution < 1.29 is 41.4 Å². The predicted octanol–water partition coefficient (Wildman–Crippen LogP) is 8.34. The van der Waals surface area contributed by atoms with Gasteiger partial charge in [0.05, 0.1) is 36.0 Å². The second-order valence-electron chi connectivity index (χ2n) is 16.2. The van der Waals surface area contributed by atoms with Gasteiger partial charge in [-0.1, -0.05) is 0 Å². The Morgan fingerprint density at radius 1 is 0.904 bits per heavy atom. The molecule has 52 heavy (non-hydrogen) atoms. The Hall–Kier alpha value is -3.74. The Kier molecular flexibility index (Phi) is 9.23. The molecule has 0 radical (unpaired) electrons. The van der Waals surface area contributed by atoms with E-state index in [9.17, 15) is 36.6 Å². The molecule has 1 aliphatic heterocycles. The molecule has 4 aliphatic carbocycles. The number of pyridine rings is 1. The fourth-order valence-electron chi connectivity index (χ4n) is 9.74. The minimum atomic E-state index is -4.85. The average Bonchev–Trinajstić information content (AvgIpc) is 3.85. The number of alkyl halides is 5. The number of carboxylic acid groups (broad SMARTS) is 1. The number of amides is 1. The maximum atomic E-state index is 14.5. The maximum absolute atomic E-state index is 14.5. The molecule has 2 aromatic heterocycles. The van der Waals surface area contributed by atoms with Crippen LogP contribution in [0.1, 0.15) is 99.1 Å². The highest BCUT2D eigenvalue weighted by atomic mass is 19.4. The highest BCUT2D eigenvalue weighted by molar-refractivity contribution is 5.98. The van der Waals surface area contributed by atoms with Gasteiger partial charge in [0.1, 0.15) is 5.75 Å². The summed E-state index contributed by atoms with van der Waals surface area (Å²) in [5, 5.41) is 12.7. The zero-order valence-corrected chi connectivity index (χ0v) is 29.0. The third kappa shape index (κ3) is 7.52. The molecule has 5 aliphatic rings. The first-order valence-corrected chi connectivity index (χ1v) is 18.8. The number of rotatable bonds is 10. The number of nitrogens with one attached hydrogen (secondary N) is 1. The smallest absolute Gasteiger partial charge is 0.434 e. The summed E-state index contributed by atoms with van der Waals surface area (Å²) in [5.74, 6) is -2.44. The van der Waals surface area contributed by atoms with E-state index in [1.807, 2.05) is 29.3 Å². The van der Waals surface area contributed by atoms with Crippen LogP contribution >= 0.6 is 0 Å². The lowest BCUT2D eigenvalue weighted by Gasteiger charge is -2.46. The Morgan fingerprint density at radius 3 is 2.21 bits per heavy atom. The number of halogens is 5.